The van der Waals surface area contributed by atoms with E-state index in [1.54, 1.807) is 0 Å². The third-order valence-electron chi connectivity index (χ3n) is 7.95. The van der Waals surface area contributed by atoms with Gasteiger partial charge < -0.3 is 14.2 Å². The molecule has 28 heavy (non-hydrogen) atoms. The normalized spacial score (nSPS) is 38.1. The van der Waals surface area contributed by atoms with Gasteiger partial charge in [-0.15, -0.1) is 0 Å². The molecule has 158 valence electrons. The van der Waals surface area contributed by atoms with Crippen LogP contribution in [0.1, 0.15) is 59.3 Å². The molecule has 1 spiro atoms. The number of hydrogen-bond donors (Lipinski definition) is 0. The standard InChI is InChI=1S/C22H34O6/c1-13(18(23)26-4)14-7-8-16-15(11-14)19(24)28-12-22(16)10-6-9-21(2,3)17(22)20(25)27-5/h13-17H,6-12H2,1-5H3/t13?,14-,15?,16-,17+,22-/m1/s1. The Morgan fingerprint density at radius 1 is 1.14 bits per heavy atom. The lowest BCUT2D eigenvalue weighted by Gasteiger charge is -2.58. The van der Waals surface area contributed by atoms with Gasteiger partial charge in [-0.25, -0.2) is 0 Å². The lowest BCUT2D eigenvalue weighted by molar-refractivity contribution is -0.207. The van der Waals surface area contributed by atoms with Crippen molar-refractivity contribution in [2.75, 3.05) is 20.8 Å². The van der Waals surface area contributed by atoms with Crippen LogP contribution in [0.5, 0.6) is 0 Å². The van der Waals surface area contributed by atoms with Crippen molar-refractivity contribution in [3.8, 4) is 0 Å². The van der Waals surface area contributed by atoms with Gasteiger partial charge in [-0.2, -0.15) is 0 Å². The van der Waals surface area contributed by atoms with Gasteiger partial charge in [0.05, 0.1) is 38.6 Å². The van der Waals surface area contributed by atoms with Gasteiger partial charge in [0.2, 0.25) is 0 Å². The van der Waals surface area contributed by atoms with Crippen molar-refractivity contribution < 1.29 is 28.6 Å². The monoisotopic (exact) mass is 394 g/mol. The molecule has 2 unspecified atom stereocenters. The van der Waals surface area contributed by atoms with Crippen LogP contribution in [0.4, 0.5) is 0 Å². The minimum absolute atomic E-state index is 0.0959. The highest BCUT2D eigenvalue weighted by molar-refractivity contribution is 5.78. The average molecular weight is 395 g/mol. The van der Waals surface area contributed by atoms with Crippen LogP contribution in [0, 0.1) is 40.4 Å². The Hall–Kier alpha value is -1.59. The number of hydrogen-bond acceptors (Lipinski definition) is 6. The second-order valence-electron chi connectivity index (χ2n) is 9.74. The second kappa shape index (κ2) is 7.68. The van der Waals surface area contributed by atoms with E-state index >= 15 is 0 Å². The molecular formula is C22H34O6. The van der Waals surface area contributed by atoms with Crippen molar-refractivity contribution in [1.29, 1.82) is 0 Å². The third kappa shape index (κ3) is 3.33. The molecule has 0 aromatic carbocycles. The summed E-state index contributed by atoms with van der Waals surface area (Å²) in [7, 11) is 2.85. The lowest BCUT2D eigenvalue weighted by atomic mass is 9.47. The molecule has 0 radical (unpaired) electrons. The number of carbonyl (C=O) groups is 3. The van der Waals surface area contributed by atoms with Crippen molar-refractivity contribution in [3.63, 3.8) is 0 Å². The van der Waals surface area contributed by atoms with Gasteiger partial charge in [-0.05, 0) is 49.4 Å². The van der Waals surface area contributed by atoms with Crippen molar-refractivity contribution in [2.24, 2.45) is 40.4 Å². The van der Waals surface area contributed by atoms with E-state index in [1.807, 2.05) is 6.92 Å². The zero-order valence-electron chi connectivity index (χ0n) is 17.8. The van der Waals surface area contributed by atoms with E-state index in [1.165, 1.54) is 14.2 Å². The first-order valence-electron chi connectivity index (χ1n) is 10.5. The number of esters is 3. The number of methoxy groups -OCH3 is 2. The highest BCUT2D eigenvalue weighted by atomic mass is 16.5. The summed E-state index contributed by atoms with van der Waals surface area (Å²) in [6.45, 7) is 6.44. The van der Waals surface area contributed by atoms with Gasteiger partial charge in [-0.3, -0.25) is 14.4 Å². The van der Waals surface area contributed by atoms with E-state index < -0.39 is 0 Å². The van der Waals surface area contributed by atoms with Crippen molar-refractivity contribution in [3.05, 3.63) is 0 Å². The van der Waals surface area contributed by atoms with Crippen LogP contribution in [-0.2, 0) is 28.6 Å². The van der Waals surface area contributed by atoms with E-state index in [4.69, 9.17) is 14.2 Å². The first-order valence-corrected chi connectivity index (χ1v) is 10.5. The molecule has 0 aromatic heterocycles. The summed E-state index contributed by atoms with van der Waals surface area (Å²) in [4.78, 5) is 37.6. The summed E-state index contributed by atoms with van der Waals surface area (Å²) in [5, 5.41) is 0. The Morgan fingerprint density at radius 3 is 2.50 bits per heavy atom. The quantitative estimate of drug-likeness (QED) is 0.539. The fraction of sp³-hybridized carbons (Fsp3) is 0.864. The number of fused-ring (bicyclic) bond motifs is 2. The van der Waals surface area contributed by atoms with Gasteiger partial charge >= 0.3 is 17.9 Å². The van der Waals surface area contributed by atoms with Crippen LogP contribution < -0.4 is 0 Å². The zero-order chi connectivity index (χ0) is 20.7. The first-order chi connectivity index (χ1) is 13.2. The molecule has 2 saturated carbocycles. The Kier molecular flexibility index (Phi) is 5.79. The lowest BCUT2D eigenvalue weighted by Crippen LogP contribution is -2.60. The Morgan fingerprint density at radius 2 is 1.86 bits per heavy atom. The second-order valence-corrected chi connectivity index (χ2v) is 9.74. The molecule has 0 amide bonds. The molecule has 6 atom stereocenters. The van der Waals surface area contributed by atoms with Crippen molar-refractivity contribution in [1.82, 2.24) is 0 Å². The molecule has 3 fully saturated rings. The minimum atomic E-state index is -0.368. The van der Waals surface area contributed by atoms with Gasteiger partial charge in [0.25, 0.3) is 0 Å². The molecule has 1 heterocycles. The molecule has 3 aliphatic rings. The van der Waals surface area contributed by atoms with Crippen molar-refractivity contribution in [2.45, 2.75) is 59.3 Å². The van der Waals surface area contributed by atoms with E-state index in [9.17, 15) is 14.4 Å². The molecule has 6 heteroatoms. The molecule has 2 aliphatic carbocycles. The predicted molar refractivity (Wildman–Crippen MR) is 102 cm³/mol. The molecule has 0 aromatic rings. The predicted octanol–water partition coefficient (Wildman–Crippen LogP) is 3.37. The van der Waals surface area contributed by atoms with Crippen LogP contribution in [-0.4, -0.2) is 38.7 Å². The fourth-order valence-corrected chi connectivity index (χ4v) is 6.57. The Labute approximate surface area is 167 Å². The third-order valence-corrected chi connectivity index (χ3v) is 7.95. The molecule has 0 N–H and O–H groups in total. The average Bonchev–Trinajstić information content (AvgIpc) is 2.68. The number of rotatable bonds is 3. The number of cyclic esters (lactones) is 1. The van der Waals surface area contributed by atoms with Crippen molar-refractivity contribution >= 4 is 17.9 Å². The number of carbonyl (C=O) groups excluding carboxylic acids is 3. The molecule has 6 nitrogen and oxygen atoms in total. The van der Waals surface area contributed by atoms with Crippen LogP contribution in [0.25, 0.3) is 0 Å². The summed E-state index contributed by atoms with van der Waals surface area (Å²) in [5.41, 5.74) is -0.567. The minimum Gasteiger partial charge on any atom is -0.469 e. The summed E-state index contributed by atoms with van der Waals surface area (Å²) >= 11 is 0. The summed E-state index contributed by atoms with van der Waals surface area (Å²) in [5.74, 6) is -1.18. The SMILES string of the molecule is COC(=O)C(C)[C@@H]1CC[C@@H]2C(C1)C(=O)OC[C@]21CCCC(C)(C)[C@@H]1C(=O)OC. The largest absolute Gasteiger partial charge is 0.469 e. The summed E-state index contributed by atoms with van der Waals surface area (Å²) in [6, 6.07) is 0. The van der Waals surface area contributed by atoms with Crippen LogP contribution in [0.2, 0.25) is 0 Å². The molecular weight excluding hydrogens is 360 g/mol. The molecule has 1 aliphatic heterocycles. The topological polar surface area (TPSA) is 78.9 Å². The van der Waals surface area contributed by atoms with Gasteiger partial charge in [0, 0.05) is 5.41 Å². The van der Waals surface area contributed by atoms with E-state index in [2.05, 4.69) is 13.8 Å². The highest BCUT2D eigenvalue weighted by Crippen LogP contribution is 2.61. The van der Waals surface area contributed by atoms with Gasteiger partial charge in [-0.1, -0.05) is 27.2 Å². The Balaban J connectivity index is 1.93. The van der Waals surface area contributed by atoms with E-state index in [0.717, 1.165) is 32.1 Å². The summed E-state index contributed by atoms with van der Waals surface area (Å²) < 4.78 is 15.8. The maximum atomic E-state index is 12.9. The zero-order valence-corrected chi connectivity index (χ0v) is 17.8. The molecule has 0 bridgehead atoms. The smallest absolute Gasteiger partial charge is 0.309 e. The molecule has 1 saturated heterocycles. The van der Waals surface area contributed by atoms with Crippen LogP contribution in [0.15, 0.2) is 0 Å². The van der Waals surface area contributed by atoms with Gasteiger partial charge in [0.1, 0.15) is 0 Å². The molecule has 3 rings (SSSR count). The Bertz CT molecular complexity index is 641. The maximum absolute atomic E-state index is 12.9. The highest BCUT2D eigenvalue weighted by Gasteiger charge is 2.63. The van der Waals surface area contributed by atoms with Crippen LogP contribution >= 0.6 is 0 Å². The summed E-state index contributed by atoms with van der Waals surface area (Å²) in [6.07, 6.45) is 5.17. The number of ether oxygens (including phenoxy) is 3. The maximum Gasteiger partial charge on any atom is 0.309 e. The van der Waals surface area contributed by atoms with Gasteiger partial charge in [0.15, 0.2) is 0 Å². The van der Waals surface area contributed by atoms with E-state index in [-0.39, 0.29) is 58.3 Å². The first kappa shape index (κ1) is 21.1. The van der Waals surface area contributed by atoms with Crippen LogP contribution in [0.3, 0.4) is 0 Å². The fourth-order valence-electron chi connectivity index (χ4n) is 6.57. The van der Waals surface area contributed by atoms with E-state index in [0.29, 0.717) is 13.0 Å².